The van der Waals surface area contributed by atoms with Gasteiger partial charge < -0.3 is 30.3 Å². The van der Waals surface area contributed by atoms with Crippen LogP contribution < -0.4 is 15.4 Å². The zero-order valence-electron chi connectivity index (χ0n) is 14.3. The summed E-state index contributed by atoms with van der Waals surface area (Å²) in [6, 6.07) is 7.28. The zero-order chi connectivity index (χ0) is 18.4. The number of benzene rings is 1. The summed E-state index contributed by atoms with van der Waals surface area (Å²) in [7, 11) is 1.58. The molecule has 4 N–H and O–H groups in total. The Hall–Kier alpha value is -2.16. The number of amides is 2. The van der Waals surface area contributed by atoms with Gasteiger partial charge >= 0.3 is 0 Å². The minimum atomic E-state index is -1.18. The highest BCUT2D eigenvalue weighted by molar-refractivity contribution is 5.76. The van der Waals surface area contributed by atoms with Gasteiger partial charge in [-0.3, -0.25) is 9.59 Å². The number of hydrogen-bond donors (Lipinski definition) is 4. The summed E-state index contributed by atoms with van der Waals surface area (Å²) in [5.41, 5.74) is 0.908. The lowest BCUT2D eigenvalue weighted by atomic mass is 10.1. The summed E-state index contributed by atoms with van der Waals surface area (Å²) in [6.45, 7) is 1.77. The van der Waals surface area contributed by atoms with Gasteiger partial charge in [-0.25, -0.2) is 0 Å². The first-order valence-electron chi connectivity index (χ1n) is 8.06. The molecule has 0 aliphatic carbocycles. The Balaban J connectivity index is 1.80. The third kappa shape index (κ3) is 5.42. The summed E-state index contributed by atoms with van der Waals surface area (Å²) in [4.78, 5) is 23.0. The standard InChI is InChI=1S/C17H24N2O6/c1-10(20)18-9-14-17(23)16(22)13(25-14)7-15(21)19-8-11-3-5-12(24-2)6-4-11/h3-6,13-14,16-17,22-23H,7-9H2,1-2H3,(H,18,20)(H,19,21)/t13-,14-,16-,17+/m0/s1. The molecule has 138 valence electrons. The van der Waals surface area contributed by atoms with E-state index in [1.807, 2.05) is 12.1 Å². The molecule has 0 saturated carbocycles. The minimum Gasteiger partial charge on any atom is -0.497 e. The third-order valence-electron chi connectivity index (χ3n) is 4.05. The fourth-order valence-electron chi connectivity index (χ4n) is 2.61. The Morgan fingerprint density at radius 3 is 2.36 bits per heavy atom. The molecular weight excluding hydrogens is 328 g/mol. The van der Waals surface area contributed by atoms with E-state index in [1.54, 1.807) is 19.2 Å². The van der Waals surface area contributed by atoms with E-state index in [0.717, 1.165) is 11.3 Å². The number of rotatable bonds is 7. The number of carbonyl (C=O) groups excluding carboxylic acids is 2. The maximum Gasteiger partial charge on any atom is 0.222 e. The third-order valence-corrected chi connectivity index (χ3v) is 4.05. The Labute approximate surface area is 146 Å². The minimum absolute atomic E-state index is 0.0784. The molecule has 1 aliphatic rings. The predicted molar refractivity (Wildman–Crippen MR) is 88.8 cm³/mol. The molecule has 0 spiro atoms. The second-order valence-electron chi connectivity index (χ2n) is 5.96. The van der Waals surface area contributed by atoms with Crippen molar-refractivity contribution in [3.05, 3.63) is 29.8 Å². The van der Waals surface area contributed by atoms with E-state index < -0.39 is 24.4 Å². The molecular formula is C17H24N2O6. The maximum absolute atomic E-state index is 12.0. The van der Waals surface area contributed by atoms with Crippen molar-refractivity contribution in [3.63, 3.8) is 0 Å². The van der Waals surface area contributed by atoms with E-state index in [-0.39, 0.29) is 24.8 Å². The highest BCUT2D eigenvalue weighted by Crippen LogP contribution is 2.23. The number of aliphatic hydroxyl groups excluding tert-OH is 2. The molecule has 0 unspecified atom stereocenters. The second kappa shape index (κ2) is 8.80. The summed E-state index contributed by atoms with van der Waals surface area (Å²) in [5, 5.41) is 25.2. The van der Waals surface area contributed by atoms with Gasteiger partial charge in [0, 0.05) is 20.0 Å². The zero-order valence-corrected chi connectivity index (χ0v) is 14.3. The van der Waals surface area contributed by atoms with E-state index in [0.29, 0.717) is 6.54 Å². The lowest BCUT2D eigenvalue weighted by Gasteiger charge is -2.14. The molecule has 1 saturated heterocycles. The molecule has 1 fully saturated rings. The molecule has 1 aromatic rings. The SMILES string of the molecule is COc1ccc(CNC(=O)C[C@@H]2O[C@@H](CNC(C)=O)[C@@H](O)[C@H]2O)cc1. The normalized spacial score (nSPS) is 25.4. The first kappa shape index (κ1) is 19.2. The van der Waals surface area contributed by atoms with Gasteiger partial charge in [-0.1, -0.05) is 12.1 Å². The van der Waals surface area contributed by atoms with Crippen molar-refractivity contribution in [2.24, 2.45) is 0 Å². The van der Waals surface area contributed by atoms with Crippen molar-refractivity contribution < 1.29 is 29.3 Å². The van der Waals surface area contributed by atoms with E-state index in [2.05, 4.69) is 10.6 Å². The molecule has 2 amide bonds. The highest BCUT2D eigenvalue weighted by Gasteiger charge is 2.43. The van der Waals surface area contributed by atoms with Gasteiger partial charge in [0.2, 0.25) is 11.8 Å². The number of aliphatic hydroxyl groups is 2. The maximum atomic E-state index is 12.0. The average molecular weight is 352 g/mol. The summed E-state index contributed by atoms with van der Waals surface area (Å²) >= 11 is 0. The first-order chi connectivity index (χ1) is 11.9. The smallest absolute Gasteiger partial charge is 0.222 e. The van der Waals surface area contributed by atoms with Crippen LogP contribution in [0.25, 0.3) is 0 Å². The van der Waals surface area contributed by atoms with Gasteiger partial charge in [0.1, 0.15) is 24.1 Å². The summed E-state index contributed by atoms with van der Waals surface area (Å²) in [6.07, 6.45) is -3.95. The van der Waals surface area contributed by atoms with Crippen LogP contribution in [0.4, 0.5) is 0 Å². The van der Waals surface area contributed by atoms with Crippen LogP contribution in [0.5, 0.6) is 5.75 Å². The van der Waals surface area contributed by atoms with Gasteiger partial charge in [-0.15, -0.1) is 0 Å². The Morgan fingerprint density at radius 1 is 1.12 bits per heavy atom. The Bertz CT molecular complexity index is 591. The van der Waals surface area contributed by atoms with Crippen molar-refractivity contribution in [1.82, 2.24) is 10.6 Å². The van der Waals surface area contributed by atoms with Gasteiger partial charge in [-0.2, -0.15) is 0 Å². The van der Waals surface area contributed by atoms with Crippen molar-refractivity contribution in [2.45, 2.75) is 44.3 Å². The quantitative estimate of drug-likeness (QED) is 0.517. The molecule has 2 rings (SSSR count). The molecule has 1 aromatic carbocycles. The molecule has 0 radical (unpaired) electrons. The highest BCUT2D eigenvalue weighted by atomic mass is 16.5. The monoisotopic (exact) mass is 352 g/mol. The van der Waals surface area contributed by atoms with Crippen molar-refractivity contribution in [1.29, 1.82) is 0 Å². The van der Waals surface area contributed by atoms with Crippen LogP contribution in [0.15, 0.2) is 24.3 Å². The topological polar surface area (TPSA) is 117 Å². The van der Waals surface area contributed by atoms with Crippen LogP contribution in [0, 0.1) is 0 Å². The van der Waals surface area contributed by atoms with Crippen molar-refractivity contribution in [3.8, 4) is 5.75 Å². The van der Waals surface area contributed by atoms with Crippen LogP contribution in [0.3, 0.4) is 0 Å². The van der Waals surface area contributed by atoms with Crippen LogP contribution in [-0.4, -0.2) is 60.1 Å². The van der Waals surface area contributed by atoms with Gasteiger partial charge in [-0.05, 0) is 17.7 Å². The molecule has 8 heteroatoms. The van der Waals surface area contributed by atoms with E-state index in [9.17, 15) is 19.8 Å². The van der Waals surface area contributed by atoms with Crippen molar-refractivity contribution in [2.75, 3.05) is 13.7 Å². The van der Waals surface area contributed by atoms with E-state index in [4.69, 9.17) is 9.47 Å². The van der Waals surface area contributed by atoms with Crippen molar-refractivity contribution >= 4 is 11.8 Å². The lowest BCUT2D eigenvalue weighted by Crippen LogP contribution is -2.39. The van der Waals surface area contributed by atoms with E-state index in [1.165, 1.54) is 6.92 Å². The van der Waals surface area contributed by atoms with Crippen LogP contribution in [0.2, 0.25) is 0 Å². The largest absolute Gasteiger partial charge is 0.497 e. The van der Waals surface area contributed by atoms with Gasteiger partial charge in [0.15, 0.2) is 0 Å². The fourth-order valence-corrected chi connectivity index (χ4v) is 2.61. The fraction of sp³-hybridized carbons (Fsp3) is 0.529. The summed E-state index contributed by atoms with van der Waals surface area (Å²) < 4.78 is 10.6. The van der Waals surface area contributed by atoms with Gasteiger partial charge in [0.25, 0.3) is 0 Å². The number of nitrogens with one attached hydrogen (secondary N) is 2. The molecule has 25 heavy (non-hydrogen) atoms. The van der Waals surface area contributed by atoms with Gasteiger partial charge in [0.05, 0.1) is 19.6 Å². The molecule has 1 aliphatic heterocycles. The van der Waals surface area contributed by atoms with E-state index >= 15 is 0 Å². The van der Waals surface area contributed by atoms with Crippen LogP contribution >= 0.6 is 0 Å². The molecule has 8 nitrogen and oxygen atoms in total. The number of hydrogen-bond acceptors (Lipinski definition) is 6. The predicted octanol–water partition coefficient (Wildman–Crippen LogP) is -0.673. The molecule has 0 bridgehead atoms. The van der Waals surface area contributed by atoms with Crippen LogP contribution in [-0.2, 0) is 20.9 Å². The number of ether oxygens (including phenoxy) is 2. The first-order valence-corrected chi connectivity index (χ1v) is 8.06. The summed E-state index contributed by atoms with van der Waals surface area (Å²) in [5.74, 6) is 0.176. The Kier molecular flexibility index (Phi) is 6.74. The Morgan fingerprint density at radius 2 is 1.76 bits per heavy atom. The molecule has 4 atom stereocenters. The average Bonchev–Trinajstić information content (AvgIpc) is 2.86. The molecule has 0 aromatic heterocycles. The number of methoxy groups -OCH3 is 1. The lowest BCUT2D eigenvalue weighted by molar-refractivity contribution is -0.125. The second-order valence-corrected chi connectivity index (χ2v) is 5.96. The van der Waals surface area contributed by atoms with Crippen LogP contribution in [0.1, 0.15) is 18.9 Å². The molecule has 1 heterocycles. The number of carbonyl (C=O) groups is 2.